The highest BCUT2D eigenvalue weighted by Crippen LogP contribution is 2.58. The normalized spacial score (nSPS) is 62.1. The first kappa shape index (κ1) is 9.07. The number of alkyl halides is 1. The molecule has 0 aromatic rings. The van der Waals surface area contributed by atoms with Gasteiger partial charge < -0.3 is 16.4 Å². The Bertz CT molecular complexity index is 285. The van der Waals surface area contributed by atoms with E-state index in [2.05, 4.69) is 4.90 Å². The van der Waals surface area contributed by atoms with Gasteiger partial charge in [-0.1, -0.05) is 0 Å². The molecule has 2 aliphatic carbocycles. The summed E-state index contributed by atoms with van der Waals surface area (Å²) in [6, 6.07) is 0. The van der Waals surface area contributed by atoms with Crippen LogP contribution in [0.5, 0.6) is 0 Å². The van der Waals surface area contributed by atoms with Crippen molar-refractivity contribution in [2.24, 2.45) is 23.3 Å². The summed E-state index contributed by atoms with van der Waals surface area (Å²) in [5.41, 5.74) is 12.0. The maximum absolute atomic E-state index is 13.6. The predicted molar refractivity (Wildman–Crippen MR) is 52.4 cm³/mol. The van der Waals surface area contributed by atoms with E-state index in [1.165, 1.54) is 0 Å². The van der Waals surface area contributed by atoms with Gasteiger partial charge in [0.1, 0.15) is 6.17 Å². The first-order valence-electron chi connectivity index (χ1n) is 5.38. The van der Waals surface area contributed by atoms with Gasteiger partial charge in [-0.15, -0.1) is 0 Å². The minimum absolute atomic E-state index is 0.00227. The van der Waals surface area contributed by atoms with Crippen LogP contribution in [0.1, 0.15) is 12.8 Å². The van der Waals surface area contributed by atoms with E-state index in [4.69, 9.17) is 11.5 Å². The number of nitrogens with two attached hydrogens (primary N) is 2. The molecule has 0 aromatic heterocycles. The van der Waals surface area contributed by atoms with Gasteiger partial charge in [-0.2, -0.15) is 0 Å². The number of hydrogen-bond donors (Lipinski definition) is 2. The third kappa shape index (κ3) is 0.753. The molecule has 14 heavy (non-hydrogen) atoms. The standard InChI is InChI=1S/C10H18FN3/c1-14-4-9(12)6-2-7(8(11)3-6)10(9,13)5-14/h6-8H,2-5,12-13H2,1H3/t6?,7?,8?,9?,10-/m0/s1. The zero-order chi connectivity index (χ0) is 10.1. The number of halogens is 1. The lowest BCUT2D eigenvalue weighted by Crippen LogP contribution is -2.70. The summed E-state index contributed by atoms with van der Waals surface area (Å²) in [4.78, 5) is 2.15. The minimum Gasteiger partial charge on any atom is -0.322 e. The third-order valence-corrected chi connectivity index (χ3v) is 4.80. The summed E-state index contributed by atoms with van der Waals surface area (Å²) in [6.07, 6.45) is 0.823. The number of likely N-dealkylation sites (N-methyl/N-ethyl adjacent to an activating group) is 1. The van der Waals surface area contributed by atoms with Crippen molar-refractivity contribution in [3.8, 4) is 0 Å². The largest absolute Gasteiger partial charge is 0.322 e. The highest BCUT2D eigenvalue weighted by Gasteiger charge is 2.70. The summed E-state index contributed by atoms with van der Waals surface area (Å²) in [5, 5.41) is 0. The van der Waals surface area contributed by atoms with Gasteiger partial charge in [0.15, 0.2) is 0 Å². The summed E-state index contributed by atoms with van der Waals surface area (Å²) in [5.74, 6) is 0.305. The summed E-state index contributed by atoms with van der Waals surface area (Å²) in [6.45, 7) is 1.59. The van der Waals surface area contributed by atoms with Crippen LogP contribution < -0.4 is 11.5 Å². The third-order valence-electron chi connectivity index (χ3n) is 4.80. The fourth-order valence-corrected chi connectivity index (χ4v) is 4.16. The Morgan fingerprint density at radius 3 is 2.57 bits per heavy atom. The molecule has 3 fully saturated rings. The first-order chi connectivity index (χ1) is 6.47. The molecular weight excluding hydrogens is 181 g/mol. The van der Waals surface area contributed by atoms with E-state index >= 15 is 0 Å². The van der Waals surface area contributed by atoms with Gasteiger partial charge in [0.05, 0.1) is 11.1 Å². The van der Waals surface area contributed by atoms with Crippen molar-refractivity contribution in [2.75, 3.05) is 20.1 Å². The zero-order valence-electron chi connectivity index (χ0n) is 8.54. The van der Waals surface area contributed by atoms with Crippen LogP contribution in [0.2, 0.25) is 0 Å². The maximum Gasteiger partial charge on any atom is 0.105 e. The van der Waals surface area contributed by atoms with E-state index in [-0.39, 0.29) is 11.5 Å². The molecule has 1 saturated heterocycles. The van der Waals surface area contributed by atoms with Crippen LogP contribution >= 0.6 is 0 Å². The van der Waals surface area contributed by atoms with Gasteiger partial charge >= 0.3 is 0 Å². The Morgan fingerprint density at radius 2 is 1.86 bits per heavy atom. The summed E-state index contributed by atoms with van der Waals surface area (Å²) >= 11 is 0. The Morgan fingerprint density at radius 1 is 1.21 bits per heavy atom. The van der Waals surface area contributed by atoms with Crippen LogP contribution in [0.3, 0.4) is 0 Å². The van der Waals surface area contributed by atoms with Crippen molar-refractivity contribution in [2.45, 2.75) is 30.1 Å². The number of fused-ring (bicyclic) bond motifs is 5. The Kier molecular flexibility index (Phi) is 1.50. The molecule has 0 amide bonds. The van der Waals surface area contributed by atoms with E-state index in [0.717, 1.165) is 19.5 Å². The SMILES string of the molecule is CN1CC2(N)C3CC(F)C(C3)[C@@]2(N)C1. The number of hydrogen-bond acceptors (Lipinski definition) is 3. The predicted octanol–water partition coefficient (Wildman–Crippen LogP) is -0.295. The van der Waals surface area contributed by atoms with E-state index in [1.54, 1.807) is 0 Å². The maximum atomic E-state index is 13.6. The van der Waals surface area contributed by atoms with Crippen molar-refractivity contribution in [3.63, 3.8) is 0 Å². The van der Waals surface area contributed by atoms with Crippen LogP contribution in [0.4, 0.5) is 4.39 Å². The van der Waals surface area contributed by atoms with Gasteiger partial charge in [0.25, 0.3) is 0 Å². The second kappa shape index (κ2) is 2.31. The Balaban J connectivity index is 2.04. The van der Waals surface area contributed by atoms with Crippen LogP contribution in [0, 0.1) is 11.8 Å². The smallest absolute Gasteiger partial charge is 0.105 e. The van der Waals surface area contributed by atoms with Crippen molar-refractivity contribution < 1.29 is 4.39 Å². The van der Waals surface area contributed by atoms with E-state index < -0.39 is 11.7 Å². The lowest BCUT2D eigenvalue weighted by atomic mass is 9.69. The molecule has 3 nitrogen and oxygen atoms in total. The molecule has 4 N–H and O–H groups in total. The van der Waals surface area contributed by atoms with Crippen LogP contribution in [-0.4, -0.2) is 42.3 Å². The number of likely N-dealkylation sites (tertiary alicyclic amines) is 1. The number of rotatable bonds is 0. The van der Waals surface area contributed by atoms with Gasteiger partial charge in [-0.25, -0.2) is 4.39 Å². The van der Waals surface area contributed by atoms with Crippen LogP contribution in [0.25, 0.3) is 0 Å². The van der Waals surface area contributed by atoms with Crippen LogP contribution in [0.15, 0.2) is 0 Å². The Labute approximate surface area is 83.6 Å². The zero-order valence-corrected chi connectivity index (χ0v) is 8.54. The minimum atomic E-state index is -0.715. The van der Waals surface area contributed by atoms with Gasteiger partial charge in [0.2, 0.25) is 0 Å². The molecule has 1 heterocycles. The molecule has 2 saturated carbocycles. The van der Waals surface area contributed by atoms with Gasteiger partial charge in [-0.3, -0.25) is 0 Å². The van der Waals surface area contributed by atoms with Crippen LogP contribution in [-0.2, 0) is 0 Å². The second-order valence-electron chi connectivity index (χ2n) is 5.54. The molecule has 1 aliphatic heterocycles. The monoisotopic (exact) mass is 199 g/mol. The summed E-state index contributed by atoms with van der Waals surface area (Å²) < 4.78 is 13.6. The fourth-order valence-electron chi connectivity index (χ4n) is 4.16. The Hall–Kier alpha value is -0.190. The molecule has 2 bridgehead atoms. The van der Waals surface area contributed by atoms with E-state index in [0.29, 0.717) is 12.3 Å². The van der Waals surface area contributed by atoms with Gasteiger partial charge in [0, 0.05) is 19.0 Å². The molecule has 0 radical (unpaired) electrons. The molecule has 80 valence electrons. The molecule has 0 spiro atoms. The fraction of sp³-hybridized carbons (Fsp3) is 1.00. The lowest BCUT2D eigenvalue weighted by Gasteiger charge is -2.44. The van der Waals surface area contributed by atoms with Gasteiger partial charge in [-0.05, 0) is 25.8 Å². The van der Waals surface area contributed by atoms with Crippen molar-refractivity contribution in [1.82, 2.24) is 4.90 Å². The van der Waals surface area contributed by atoms with Crippen molar-refractivity contribution in [3.05, 3.63) is 0 Å². The molecule has 0 aromatic carbocycles. The molecule has 4 heteroatoms. The van der Waals surface area contributed by atoms with Crippen molar-refractivity contribution in [1.29, 1.82) is 0 Å². The topological polar surface area (TPSA) is 55.3 Å². The lowest BCUT2D eigenvalue weighted by molar-refractivity contribution is 0.105. The first-order valence-corrected chi connectivity index (χ1v) is 5.38. The molecule has 3 rings (SSSR count). The van der Waals surface area contributed by atoms with Crippen molar-refractivity contribution >= 4 is 0 Å². The quantitative estimate of drug-likeness (QED) is 0.563. The molecular formula is C10H18FN3. The van der Waals surface area contributed by atoms with E-state index in [9.17, 15) is 4.39 Å². The highest BCUT2D eigenvalue weighted by molar-refractivity contribution is 5.29. The highest BCUT2D eigenvalue weighted by atomic mass is 19.1. The second-order valence-corrected chi connectivity index (χ2v) is 5.54. The van der Waals surface area contributed by atoms with E-state index in [1.807, 2.05) is 7.05 Å². The summed E-state index contributed by atoms with van der Waals surface area (Å²) in [7, 11) is 2.02. The molecule has 5 atom stereocenters. The number of nitrogens with zero attached hydrogens (tertiary/aromatic N) is 1. The molecule has 3 aliphatic rings. The average Bonchev–Trinajstić information content (AvgIpc) is 2.58. The average molecular weight is 199 g/mol. The molecule has 4 unspecified atom stereocenters.